The van der Waals surface area contributed by atoms with E-state index in [4.69, 9.17) is 23.2 Å². The van der Waals surface area contributed by atoms with E-state index in [0.29, 0.717) is 15.8 Å². The number of hydrazine groups is 2. The van der Waals surface area contributed by atoms with Gasteiger partial charge < -0.3 is 20.4 Å². The van der Waals surface area contributed by atoms with Gasteiger partial charge in [0.2, 0.25) is 0 Å². The normalized spacial score (nSPS) is 20.6. The zero-order valence-electron chi connectivity index (χ0n) is 38.0. The smallest absolute Gasteiger partial charge is 0.154 e. The van der Waals surface area contributed by atoms with Gasteiger partial charge in [-0.25, -0.2) is 40.0 Å². The van der Waals surface area contributed by atoms with E-state index in [0.717, 1.165) is 148 Å². The molecule has 344 valence electrons. The summed E-state index contributed by atoms with van der Waals surface area (Å²) in [6.45, 7) is 22.7. The van der Waals surface area contributed by atoms with Crippen molar-refractivity contribution in [1.82, 2.24) is 40.0 Å². The van der Waals surface area contributed by atoms with Crippen LogP contribution in [-0.4, -0.2) is 135 Å². The fourth-order valence-corrected chi connectivity index (χ4v) is 11.4. The Labute approximate surface area is 405 Å². The highest BCUT2D eigenvalue weighted by molar-refractivity contribution is 9.11. The molecule has 0 unspecified atom stereocenters. The van der Waals surface area contributed by atoms with Gasteiger partial charge in [-0.1, -0.05) is 47.5 Å². The van der Waals surface area contributed by atoms with Gasteiger partial charge in [0.1, 0.15) is 44.9 Å². The molecule has 0 atom stereocenters. The second-order valence-corrected chi connectivity index (χ2v) is 22.2. The molecule has 2 aromatic heterocycles. The van der Waals surface area contributed by atoms with Crippen molar-refractivity contribution in [3.63, 3.8) is 0 Å². The highest BCUT2D eigenvalue weighted by Crippen LogP contribution is 2.48. The Bertz CT molecular complexity index is 2080. The highest BCUT2D eigenvalue weighted by atomic mass is 79.9. The zero-order chi connectivity index (χ0) is 45.4. The number of anilines is 4. The first-order valence-corrected chi connectivity index (χ1v) is 24.9. The van der Waals surface area contributed by atoms with Crippen LogP contribution in [0.4, 0.5) is 23.3 Å². The lowest BCUT2D eigenvalue weighted by Gasteiger charge is -2.52. The molecular formula is C47H62Br2Cl2N12O. The van der Waals surface area contributed by atoms with Crippen LogP contribution in [0.5, 0.6) is 0 Å². The Morgan fingerprint density at radius 2 is 0.828 bits per heavy atom. The van der Waals surface area contributed by atoms with Crippen LogP contribution in [0.2, 0.25) is 10.0 Å². The number of nitrogens with zero attached hydrogens (tertiary/aromatic N) is 10. The summed E-state index contributed by atoms with van der Waals surface area (Å²) in [5, 5.41) is 18.3. The van der Waals surface area contributed by atoms with Crippen molar-refractivity contribution in [2.75, 3.05) is 99.0 Å². The van der Waals surface area contributed by atoms with Gasteiger partial charge in [0.25, 0.3) is 0 Å². The molecule has 4 fully saturated rings. The number of nitrogens with one attached hydrogen (secondary N) is 2. The summed E-state index contributed by atoms with van der Waals surface area (Å²) in [6.07, 6.45) is 6.17. The number of carbonyl (C=O) groups is 1. The summed E-state index contributed by atoms with van der Waals surface area (Å²) in [7, 11) is 0. The minimum Gasteiger partial charge on any atom is -0.364 e. The van der Waals surface area contributed by atoms with E-state index >= 15 is 4.79 Å². The number of hydrogen-bond acceptors (Lipinski definition) is 13. The number of benzene rings is 2. The second-order valence-electron chi connectivity index (χ2n) is 19.8. The van der Waals surface area contributed by atoms with Crippen molar-refractivity contribution in [3.05, 3.63) is 91.3 Å². The van der Waals surface area contributed by atoms with Crippen molar-refractivity contribution in [2.45, 2.75) is 89.1 Å². The third-order valence-corrected chi connectivity index (χ3v) is 15.3. The molecule has 0 saturated carbocycles. The fourth-order valence-electron chi connectivity index (χ4n) is 10.0. The number of carbonyl (C=O) groups excluding carboxylic acids is 1. The van der Waals surface area contributed by atoms with Gasteiger partial charge in [0, 0.05) is 99.7 Å². The van der Waals surface area contributed by atoms with Gasteiger partial charge in [-0.05, 0) is 134 Å². The third-order valence-electron chi connectivity index (χ3n) is 13.3. The van der Waals surface area contributed by atoms with E-state index in [9.17, 15) is 0 Å². The first kappa shape index (κ1) is 47.3. The number of Topliss-reactive ketones (excluding diaryl/α,β-unsaturated/α-hetero) is 1. The Hall–Kier alpha value is -3.15. The van der Waals surface area contributed by atoms with Crippen LogP contribution in [0.15, 0.2) is 70.1 Å². The maximum Gasteiger partial charge on any atom is 0.154 e. The molecule has 0 radical (unpaired) electrons. The number of rotatable bonds is 10. The third kappa shape index (κ3) is 10.2. The number of hydrogen-bond donors (Lipinski definition) is 2. The molecule has 4 aromatic rings. The van der Waals surface area contributed by atoms with Crippen molar-refractivity contribution < 1.29 is 4.79 Å². The molecule has 6 heterocycles. The topological polar surface area (TPSA) is 112 Å². The number of piperidine rings is 2. The minimum absolute atomic E-state index is 0.126. The largest absolute Gasteiger partial charge is 0.364 e. The molecule has 4 saturated heterocycles. The molecule has 13 nitrogen and oxygen atoms in total. The van der Waals surface area contributed by atoms with Gasteiger partial charge in [0.05, 0.1) is 10.8 Å². The lowest BCUT2D eigenvalue weighted by atomic mass is 9.57. The van der Waals surface area contributed by atoms with Gasteiger partial charge in [-0.15, -0.1) is 0 Å². The zero-order valence-corrected chi connectivity index (χ0v) is 42.7. The summed E-state index contributed by atoms with van der Waals surface area (Å²) >= 11 is 20.6. The molecule has 0 aliphatic carbocycles. The monoisotopic (exact) mass is 1040 g/mol. The van der Waals surface area contributed by atoms with E-state index in [-0.39, 0.29) is 11.1 Å². The van der Waals surface area contributed by atoms with E-state index in [1.807, 2.05) is 24.3 Å². The van der Waals surface area contributed by atoms with Crippen molar-refractivity contribution in [3.8, 4) is 0 Å². The quantitative estimate of drug-likeness (QED) is 0.158. The predicted octanol–water partition coefficient (Wildman–Crippen LogP) is 8.93. The maximum atomic E-state index is 16.0. The van der Waals surface area contributed by atoms with Crippen LogP contribution < -0.4 is 20.4 Å². The first-order chi connectivity index (χ1) is 30.4. The van der Waals surface area contributed by atoms with Crippen LogP contribution in [0, 0.1) is 0 Å². The molecule has 2 N–H and O–H groups in total. The molecule has 0 bridgehead atoms. The molecule has 0 spiro atoms. The fraction of sp³-hybridized carbons (Fsp3) is 0.553. The molecule has 8 rings (SSSR count). The SMILES string of the molecule is CC(C)(C)Nc1ncnc(N2CCN(N3CCC(C(=O)C4(c5ccc(Cl)cc5)CCN(N5CCN(c6ncnc(NC(C)(C)C)c6Br)CC5)CC4)(c4ccc(Cl)cc4)CC3)CC2)c1Br. The Balaban J connectivity index is 0.975. The second kappa shape index (κ2) is 19.2. The van der Waals surface area contributed by atoms with Gasteiger partial charge in [0.15, 0.2) is 5.78 Å². The van der Waals surface area contributed by atoms with E-state index in [1.165, 1.54) is 0 Å². The van der Waals surface area contributed by atoms with Crippen LogP contribution in [-0.2, 0) is 15.6 Å². The maximum absolute atomic E-state index is 16.0. The highest BCUT2D eigenvalue weighted by Gasteiger charge is 2.54. The number of aromatic nitrogens is 4. The van der Waals surface area contributed by atoms with E-state index in [2.05, 4.69) is 158 Å². The summed E-state index contributed by atoms with van der Waals surface area (Å²) < 4.78 is 1.78. The van der Waals surface area contributed by atoms with Gasteiger partial charge in [-0.2, -0.15) is 0 Å². The van der Waals surface area contributed by atoms with Crippen LogP contribution >= 0.6 is 55.1 Å². The Kier molecular flexibility index (Phi) is 14.2. The summed E-state index contributed by atoms with van der Waals surface area (Å²) in [5.41, 5.74) is 0.513. The van der Waals surface area contributed by atoms with E-state index in [1.54, 1.807) is 12.7 Å². The molecular weight excluding hydrogens is 979 g/mol. The predicted molar refractivity (Wildman–Crippen MR) is 267 cm³/mol. The van der Waals surface area contributed by atoms with Gasteiger partial charge in [-0.3, -0.25) is 4.79 Å². The number of halogens is 4. The van der Waals surface area contributed by atoms with Gasteiger partial charge >= 0.3 is 0 Å². The van der Waals surface area contributed by atoms with Crippen LogP contribution in [0.1, 0.15) is 78.4 Å². The van der Waals surface area contributed by atoms with E-state index < -0.39 is 10.8 Å². The summed E-state index contributed by atoms with van der Waals surface area (Å²) in [4.78, 5) is 39.1. The molecule has 64 heavy (non-hydrogen) atoms. The van der Waals surface area contributed by atoms with Crippen molar-refractivity contribution in [2.24, 2.45) is 0 Å². The average Bonchev–Trinajstić information content (AvgIpc) is 3.27. The number of piperazine rings is 2. The first-order valence-electron chi connectivity index (χ1n) is 22.6. The Morgan fingerprint density at radius 1 is 0.516 bits per heavy atom. The standard InChI is InChI=1S/C47H62Br2Cl2N12O/c1-44(2,3)56-39-37(48)41(54-31-52-39)58-23-27-62(28-24-58)60-19-15-46(16-20-60,33-7-11-35(50)12-8-33)43(64)47(34-9-13-36(51)14-10-34)17-21-61(22-18-47)63-29-25-59(26-30-63)42-38(49)40(53-32-55-42)57-45(4,5)6/h7-14,31-32H,15-30H2,1-6H3,(H,52,54,56)(H,53,55,57). The van der Waals surface area contributed by atoms with Crippen molar-refractivity contribution in [1.29, 1.82) is 0 Å². The lowest BCUT2D eigenvalue weighted by Crippen LogP contribution is -2.62. The van der Waals surface area contributed by atoms with Crippen LogP contribution in [0.25, 0.3) is 0 Å². The molecule has 2 aromatic carbocycles. The molecule has 4 aliphatic heterocycles. The molecule has 17 heteroatoms. The number of ketones is 1. The summed E-state index contributed by atoms with van der Waals surface area (Å²) in [6, 6.07) is 16.2. The molecule has 0 amide bonds. The van der Waals surface area contributed by atoms with Crippen molar-refractivity contribution >= 4 is 84.1 Å². The minimum atomic E-state index is -0.676. The Morgan fingerprint density at radius 3 is 1.14 bits per heavy atom. The molecule has 4 aliphatic rings. The average molecular weight is 1040 g/mol. The summed E-state index contributed by atoms with van der Waals surface area (Å²) in [5.74, 6) is 3.74. The van der Waals surface area contributed by atoms with Crippen LogP contribution in [0.3, 0.4) is 0 Å². The lowest BCUT2D eigenvalue weighted by molar-refractivity contribution is -0.140.